The SMILES string of the molecule is CC1CCC(C(NN)C2OCCc3ccccc32)CC1. The van der Waals surface area contributed by atoms with Gasteiger partial charge in [-0.2, -0.15) is 0 Å². The monoisotopic (exact) mass is 274 g/mol. The van der Waals surface area contributed by atoms with Crippen LogP contribution >= 0.6 is 0 Å². The van der Waals surface area contributed by atoms with Crippen LogP contribution in [-0.2, 0) is 11.2 Å². The maximum atomic E-state index is 6.10. The lowest BCUT2D eigenvalue weighted by molar-refractivity contribution is -0.00739. The third kappa shape index (κ3) is 2.76. The van der Waals surface area contributed by atoms with Crippen LogP contribution in [0.15, 0.2) is 24.3 Å². The molecule has 0 bridgehead atoms. The van der Waals surface area contributed by atoms with Crippen LogP contribution < -0.4 is 11.3 Å². The van der Waals surface area contributed by atoms with E-state index in [1.165, 1.54) is 36.8 Å². The molecule has 1 aromatic carbocycles. The molecule has 0 amide bonds. The van der Waals surface area contributed by atoms with Crippen molar-refractivity contribution < 1.29 is 4.74 Å². The number of nitrogens with two attached hydrogens (primary N) is 1. The van der Waals surface area contributed by atoms with Crippen molar-refractivity contribution in [3.63, 3.8) is 0 Å². The van der Waals surface area contributed by atoms with Crippen molar-refractivity contribution in [2.45, 2.75) is 51.2 Å². The van der Waals surface area contributed by atoms with Gasteiger partial charge in [0.1, 0.15) is 0 Å². The second-order valence-electron chi connectivity index (χ2n) is 6.45. The molecule has 1 heterocycles. The molecule has 2 aliphatic rings. The number of hydrazine groups is 1. The maximum absolute atomic E-state index is 6.10. The Labute approximate surface area is 121 Å². The quantitative estimate of drug-likeness (QED) is 0.658. The van der Waals surface area contributed by atoms with E-state index in [1.54, 1.807) is 0 Å². The summed E-state index contributed by atoms with van der Waals surface area (Å²) in [6, 6.07) is 8.89. The molecule has 0 radical (unpaired) electrons. The third-order valence-electron chi connectivity index (χ3n) is 5.12. The summed E-state index contributed by atoms with van der Waals surface area (Å²) >= 11 is 0. The van der Waals surface area contributed by atoms with Crippen LogP contribution in [0.5, 0.6) is 0 Å². The summed E-state index contributed by atoms with van der Waals surface area (Å²) in [4.78, 5) is 0. The highest BCUT2D eigenvalue weighted by atomic mass is 16.5. The van der Waals surface area contributed by atoms with E-state index in [-0.39, 0.29) is 12.1 Å². The molecule has 1 saturated carbocycles. The van der Waals surface area contributed by atoms with Gasteiger partial charge in [-0.1, -0.05) is 44.0 Å². The Hall–Kier alpha value is -0.900. The zero-order valence-electron chi connectivity index (χ0n) is 12.3. The number of hydrogen-bond acceptors (Lipinski definition) is 3. The largest absolute Gasteiger partial charge is 0.371 e. The number of benzene rings is 1. The topological polar surface area (TPSA) is 47.3 Å². The van der Waals surface area contributed by atoms with Crippen LogP contribution in [0, 0.1) is 11.8 Å². The lowest BCUT2D eigenvalue weighted by Gasteiger charge is -2.39. The normalized spacial score (nSPS) is 31.6. The molecule has 2 atom stereocenters. The Morgan fingerprint density at radius 1 is 1.20 bits per heavy atom. The maximum Gasteiger partial charge on any atom is 0.0996 e. The first-order valence-electron chi connectivity index (χ1n) is 7.95. The van der Waals surface area contributed by atoms with Gasteiger partial charge in [0.05, 0.1) is 18.8 Å². The highest BCUT2D eigenvalue weighted by Gasteiger charge is 2.35. The van der Waals surface area contributed by atoms with Crippen molar-refractivity contribution in [2.75, 3.05) is 6.61 Å². The molecule has 2 unspecified atom stereocenters. The van der Waals surface area contributed by atoms with E-state index < -0.39 is 0 Å². The lowest BCUT2D eigenvalue weighted by Crippen LogP contribution is -2.48. The second-order valence-corrected chi connectivity index (χ2v) is 6.45. The van der Waals surface area contributed by atoms with Gasteiger partial charge < -0.3 is 4.74 Å². The molecule has 1 aromatic rings. The van der Waals surface area contributed by atoms with Crippen LogP contribution in [0.4, 0.5) is 0 Å². The second kappa shape index (κ2) is 6.25. The van der Waals surface area contributed by atoms with Crippen LogP contribution in [0.1, 0.15) is 49.8 Å². The van der Waals surface area contributed by atoms with Crippen LogP contribution in [0.3, 0.4) is 0 Å². The Morgan fingerprint density at radius 3 is 2.70 bits per heavy atom. The molecular weight excluding hydrogens is 248 g/mol. The van der Waals surface area contributed by atoms with E-state index in [9.17, 15) is 0 Å². The zero-order chi connectivity index (χ0) is 13.9. The molecule has 0 aromatic heterocycles. The number of hydrogen-bond donors (Lipinski definition) is 2. The Morgan fingerprint density at radius 2 is 1.95 bits per heavy atom. The fourth-order valence-corrected chi connectivity index (χ4v) is 3.84. The molecule has 3 nitrogen and oxygen atoms in total. The number of rotatable bonds is 3. The fraction of sp³-hybridized carbons (Fsp3) is 0.647. The molecule has 0 spiro atoms. The number of fused-ring (bicyclic) bond motifs is 1. The molecule has 3 rings (SSSR count). The molecule has 3 N–H and O–H groups in total. The van der Waals surface area contributed by atoms with E-state index >= 15 is 0 Å². The van der Waals surface area contributed by atoms with Crippen LogP contribution in [0.25, 0.3) is 0 Å². The highest BCUT2D eigenvalue weighted by Crippen LogP contribution is 2.38. The summed E-state index contributed by atoms with van der Waals surface area (Å²) in [5, 5.41) is 0. The van der Waals surface area contributed by atoms with Gasteiger partial charge >= 0.3 is 0 Å². The van der Waals surface area contributed by atoms with Crippen molar-refractivity contribution in [2.24, 2.45) is 17.7 Å². The van der Waals surface area contributed by atoms with Gasteiger partial charge in [-0.25, -0.2) is 0 Å². The van der Waals surface area contributed by atoms with E-state index in [0.29, 0.717) is 5.92 Å². The average Bonchev–Trinajstić information content (AvgIpc) is 2.50. The molecule has 110 valence electrons. The summed E-state index contributed by atoms with van der Waals surface area (Å²) in [6.07, 6.45) is 6.29. The Balaban J connectivity index is 1.80. The molecular formula is C17H26N2O. The third-order valence-corrected chi connectivity index (χ3v) is 5.12. The smallest absolute Gasteiger partial charge is 0.0996 e. The summed E-state index contributed by atoms with van der Waals surface area (Å²) in [5.41, 5.74) is 5.83. The average molecular weight is 274 g/mol. The first-order chi connectivity index (χ1) is 9.79. The van der Waals surface area contributed by atoms with E-state index in [4.69, 9.17) is 10.6 Å². The van der Waals surface area contributed by atoms with Crippen molar-refractivity contribution >= 4 is 0 Å². The lowest BCUT2D eigenvalue weighted by atomic mass is 9.76. The molecule has 20 heavy (non-hydrogen) atoms. The minimum Gasteiger partial charge on any atom is -0.371 e. The highest BCUT2D eigenvalue weighted by molar-refractivity contribution is 5.32. The molecule has 0 saturated heterocycles. The van der Waals surface area contributed by atoms with Crippen molar-refractivity contribution in [1.29, 1.82) is 0 Å². The number of nitrogens with one attached hydrogen (secondary N) is 1. The molecule has 3 heteroatoms. The van der Waals surface area contributed by atoms with Gasteiger partial charge in [-0.15, -0.1) is 0 Å². The van der Waals surface area contributed by atoms with Crippen molar-refractivity contribution in [3.05, 3.63) is 35.4 Å². The van der Waals surface area contributed by atoms with E-state index in [2.05, 4.69) is 36.6 Å². The Kier molecular flexibility index (Phi) is 4.39. The summed E-state index contributed by atoms with van der Waals surface area (Å²) in [6.45, 7) is 3.16. The zero-order valence-corrected chi connectivity index (χ0v) is 12.3. The van der Waals surface area contributed by atoms with Crippen molar-refractivity contribution in [1.82, 2.24) is 5.43 Å². The molecule has 1 aliphatic carbocycles. The van der Waals surface area contributed by atoms with Crippen LogP contribution in [-0.4, -0.2) is 12.6 Å². The minimum atomic E-state index is 0.114. The van der Waals surface area contributed by atoms with Gasteiger partial charge in [-0.05, 0) is 42.2 Å². The predicted octanol–water partition coefficient (Wildman–Crippen LogP) is 2.96. The summed E-state index contributed by atoms with van der Waals surface area (Å²) < 4.78 is 6.10. The van der Waals surface area contributed by atoms with Gasteiger partial charge in [0.25, 0.3) is 0 Å². The minimum absolute atomic E-state index is 0.114. The Bertz CT molecular complexity index is 440. The van der Waals surface area contributed by atoms with Gasteiger partial charge in [-0.3, -0.25) is 11.3 Å². The van der Waals surface area contributed by atoms with Gasteiger partial charge in [0, 0.05) is 0 Å². The summed E-state index contributed by atoms with van der Waals surface area (Å²) in [5.74, 6) is 7.39. The molecule has 1 aliphatic heterocycles. The number of ether oxygens (including phenoxy) is 1. The standard InChI is InChI=1S/C17H26N2O/c1-12-6-8-14(9-7-12)16(19-18)17-15-5-3-2-4-13(15)10-11-20-17/h2-5,12,14,16-17,19H,6-11,18H2,1H3. The predicted molar refractivity (Wildman–Crippen MR) is 81.1 cm³/mol. The first-order valence-corrected chi connectivity index (χ1v) is 7.95. The fourth-order valence-electron chi connectivity index (χ4n) is 3.84. The van der Waals surface area contributed by atoms with Gasteiger partial charge in [0.15, 0.2) is 0 Å². The van der Waals surface area contributed by atoms with Crippen molar-refractivity contribution in [3.8, 4) is 0 Å². The van der Waals surface area contributed by atoms with Gasteiger partial charge in [0.2, 0.25) is 0 Å². The van der Waals surface area contributed by atoms with E-state index in [1.807, 2.05) is 0 Å². The first kappa shape index (κ1) is 14.1. The van der Waals surface area contributed by atoms with Crippen LogP contribution in [0.2, 0.25) is 0 Å². The summed E-state index contributed by atoms with van der Waals surface area (Å²) in [7, 11) is 0. The molecule has 1 fully saturated rings. The van der Waals surface area contributed by atoms with E-state index in [0.717, 1.165) is 18.9 Å².